The number of nitrogen functional groups attached to an aromatic ring is 1. The summed E-state index contributed by atoms with van der Waals surface area (Å²) in [7, 11) is 2.94. The number of anilines is 1. The summed E-state index contributed by atoms with van der Waals surface area (Å²) in [6.45, 7) is 1.60. The molecule has 1 unspecified atom stereocenters. The van der Waals surface area contributed by atoms with Crippen molar-refractivity contribution in [3.05, 3.63) is 35.8 Å². The fourth-order valence-electron chi connectivity index (χ4n) is 2.66. The van der Waals surface area contributed by atoms with Crippen molar-refractivity contribution < 1.29 is 14.6 Å². The van der Waals surface area contributed by atoms with Gasteiger partial charge in [-0.2, -0.15) is 4.98 Å². The average Bonchev–Trinajstić information content (AvgIpc) is 2.67. The van der Waals surface area contributed by atoms with Gasteiger partial charge in [0.2, 0.25) is 0 Å². The van der Waals surface area contributed by atoms with Gasteiger partial charge < -0.3 is 20.9 Å². The van der Waals surface area contributed by atoms with E-state index in [0.29, 0.717) is 27.7 Å². The van der Waals surface area contributed by atoms with Gasteiger partial charge >= 0.3 is 6.01 Å². The number of rotatable bonds is 4. The lowest BCUT2D eigenvalue weighted by molar-refractivity contribution is 0.0958. The highest BCUT2D eigenvalue weighted by atomic mass is 16.5. The summed E-state index contributed by atoms with van der Waals surface area (Å²) in [4.78, 5) is 20.2. The minimum absolute atomic E-state index is 0.0545. The van der Waals surface area contributed by atoms with E-state index >= 15 is 0 Å². The molecule has 9 heteroatoms. The van der Waals surface area contributed by atoms with Gasteiger partial charge in [0.25, 0.3) is 5.91 Å². The monoisotopic (exact) mass is 354 g/mol. The van der Waals surface area contributed by atoms with E-state index in [1.54, 1.807) is 31.3 Å². The maximum absolute atomic E-state index is 11.9. The molecular formula is C17H18N6O3. The van der Waals surface area contributed by atoms with Crippen molar-refractivity contribution in [2.24, 2.45) is 0 Å². The molecule has 0 bridgehead atoms. The highest BCUT2D eigenvalue weighted by molar-refractivity contribution is 6.07. The van der Waals surface area contributed by atoms with Gasteiger partial charge in [-0.05, 0) is 6.92 Å². The van der Waals surface area contributed by atoms with Crippen LogP contribution in [0.1, 0.15) is 29.2 Å². The van der Waals surface area contributed by atoms with Crippen LogP contribution in [0.25, 0.3) is 22.0 Å². The molecule has 0 spiro atoms. The summed E-state index contributed by atoms with van der Waals surface area (Å²) >= 11 is 0. The Morgan fingerprint density at radius 1 is 1.31 bits per heavy atom. The van der Waals surface area contributed by atoms with Crippen molar-refractivity contribution in [2.75, 3.05) is 19.9 Å². The van der Waals surface area contributed by atoms with Crippen molar-refractivity contribution in [2.45, 2.75) is 13.0 Å². The molecule has 1 amide bonds. The maximum atomic E-state index is 11.9. The number of nitrogens with two attached hydrogens (primary N) is 1. The number of aliphatic hydroxyl groups excluding tert-OH is 1. The van der Waals surface area contributed by atoms with Crippen LogP contribution in [-0.4, -0.2) is 45.3 Å². The number of aliphatic hydroxyl groups is 1. The van der Waals surface area contributed by atoms with Gasteiger partial charge in [-0.25, -0.2) is 4.98 Å². The zero-order chi connectivity index (χ0) is 18.8. The number of benzene rings is 1. The second-order valence-electron chi connectivity index (χ2n) is 5.57. The zero-order valence-electron chi connectivity index (χ0n) is 14.5. The molecule has 0 saturated heterocycles. The van der Waals surface area contributed by atoms with Gasteiger partial charge in [-0.3, -0.25) is 4.79 Å². The first-order valence-electron chi connectivity index (χ1n) is 7.84. The molecule has 0 aliphatic heterocycles. The Hall–Kier alpha value is -3.33. The molecule has 26 heavy (non-hydrogen) atoms. The second-order valence-corrected chi connectivity index (χ2v) is 5.57. The summed E-state index contributed by atoms with van der Waals surface area (Å²) in [6.07, 6.45) is 0.695. The van der Waals surface area contributed by atoms with Crippen LogP contribution < -0.4 is 15.8 Å². The number of carbonyl (C=O) groups is 1. The van der Waals surface area contributed by atoms with E-state index in [9.17, 15) is 9.90 Å². The third kappa shape index (κ3) is 2.88. The molecule has 4 N–H and O–H groups in total. The highest BCUT2D eigenvalue weighted by Crippen LogP contribution is 2.34. The Morgan fingerprint density at radius 2 is 2.08 bits per heavy atom. The Balaban J connectivity index is 2.27. The summed E-state index contributed by atoms with van der Waals surface area (Å²) < 4.78 is 5.03. The fraction of sp³-hybridized carbons (Fsp3) is 0.235. The van der Waals surface area contributed by atoms with Gasteiger partial charge in [0.15, 0.2) is 5.69 Å². The average molecular weight is 354 g/mol. The lowest BCUT2D eigenvalue weighted by atomic mass is 9.99. The number of nitrogens with zero attached hydrogens (tertiary/aromatic N) is 4. The number of fused-ring (bicyclic) bond motifs is 1. The number of nitrogens with one attached hydrogen (secondary N) is 1. The summed E-state index contributed by atoms with van der Waals surface area (Å²) in [5.41, 5.74) is 8.49. The minimum atomic E-state index is -0.854. The molecule has 2 aromatic heterocycles. The second kappa shape index (κ2) is 6.89. The van der Waals surface area contributed by atoms with E-state index in [2.05, 4.69) is 25.5 Å². The summed E-state index contributed by atoms with van der Waals surface area (Å²) in [6, 6.07) is 5.48. The largest absolute Gasteiger partial charge is 0.467 e. The number of aromatic nitrogens is 4. The number of carbonyl (C=O) groups excluding carboxylic acids is 1. The lowest BCUT2D eigenvalue weighted by Gasteiger charge is -2.14. The third-order valence-corrected chi connectivity index (χ3v) is 3.94. The molecule has 2 heterocycles. The molecule has 1 atom stereocenters. The van der Waals surface area contributed by atoms with Crippen molar-refractivity contribution >= 4 is 22.5 Å². The first kappa shape index (κ1) is 17.5. The van der Waals surface area contributed by atoms with Gasteiger partial charge in [-0.15, -0.1) is 10.2 Å². The van der Waals surface area contributed by atoms with Crippen LogP contribution in [0.2, 0.25) is 0 Å². The standard InChI is InChI=1S/C17H18N6O3/c1-8(24)13-11(7-20-17(21-13)26-3)9-5-4-6-10-12(18)15(16(25)19-2)23-22-14(9)10/h4-8,24H,1-3H3,(H2,18,22)(H,19,25). The van der Waals surface area contributed by atoms with Crippen LogP contribution in [0.4, 0.5) is 5.69 Å². The Bertz CT molecular complexity index is 990. The smallest absolute Gasteiger partial charge is 0.316 e. The molecule has 0 radical (unpaired) electrons. The molecular weight excluding hydrogens is 336 g/mol. The molecule has 0 fully saturated rings. The van der Waals surface area contributed by atoms with Gasteiger partial charge in [0.05, 0.1) is 24.6 Å². The first-order chi connectivity index (χ1) is 12.5. The molecule has 9 nitrogen and oxygen atoms in total. The van der Waals surface area contributed by atoms with Crippen LogP contribution in [-0.2, 0) is 0 Å². The zero-order valence-corrected chi connectivity index (χ0v) is 14.5. The predicted octanol–water partition coefficient (Wildman–Crippen LogP) is 1.09. The van der Waals surface area contributed by atoms with E-state index in [1.807, 2.05) is 0 Å². The van der Waals surface area contributed by atoms with E-state index in [4.69, 9.17) is 10.5 Å². The Morgan fingerprint density at radius 3 is 2.73 bits per heavy atom. The number of hydrogen-bond donors (Lipinski definition) is 3. The quantitative estimate of drug-likeness (QED) is 0.633. The molecule has 3 rings (SSSR count). The third-order valence-electron chi connectivity index (χ3n) is 3.94. The molecule has 0 aliphatic rings. The topological polar surface area (TPSA) is 136 Å². The van der Waals surface area contributed by atoms with Crippen LogP contribution in [0.5, 0.6) is 6.01 Å². The van der Waals surface area contributed by atoms with Crippen LogP contribution in [0.3, 0.4) is 0 Å². The fourth-order valence-corrected chi connectivity index (χ4v) is 2.66. The summed E-state index contributed by atoms with van der Waals surface area (Å²) in [5.74, 6) is -0.417. The van der Waals surface area contributed by atoms with Crippen molar-refractivity contribution in [1.82, 2.24) is 25.5 Å². The van der Waals surface area contributed by atoms with Crippen molar-refractivity contribution in [3.8, 4) is 17.1 Å². The number of methoxy groups -OCH3 is 1. The summed E-state index contributed by atoms with van der Waals surface area (Å²) in [5, 5.41) is 21.3. The Kier molecular flexibility index (Phi) is 4.63. The minimum Gasteiger partial charge on any atom is -0.467 e. The van der Waals surface area contributed by atoms with E-state index in [0.717, 1.165) is 0 Å². The van der Waals surface area contributed by atoms with Crippen LogP contribution >= 0.6 is 0 Å². The maximum Gasteiger partial charge on any atom is 0.316 e. The molecule has 134 valence electrons. The van der Waals surface area contributed by atoms with Crippen molar-refractivity contribution in [1.29, 1.82) is 0 Å². The molecule has 0 aliphatic carbocycles. The Labute approximate surface area is 149 Å². The predicted molar refractivity (Wildman–Crippen MR) is 95.6 cm³/mol. The highest BCUT2D eigenvalue weighted by Gasteiger charge is 2.20. The van der Waals surface area contributed by atoms with E-state index in [1.165, 1.54) is 14.2 Å². The van der Waals surface area contributed by atoms with Gasteiger partial charge in [0.1, 0.15) is 5.52 Å². The van der Waals surface area contributed by atoms with E-state index in [-0.39, 0.29) is 17.4 Å². The number of amides is 1. The SMILES string of the molecule is CNC(=O)c1nnc2c(-c3cnc(OC)nc3C(C)O)cccc2c1N. The van der Waals surface area contributed by atoms with E-state index < -0.39 is 12.0 Å². The normalized spacial score (nSPS) is 12.0. The van der Waals surface area contributed by atoms with Crippen LogP contribution in [0, 0.1) is 0 Å². The van der Waals surface area contributed by atoms with Crippen molar-refractivity contribution in [3.63, 3.8) is 0 Å². The first-order valence-corrected chi connectivity index (χ1v) is 7.84. The molecule has 0 saturated carbocycles. The molecule has 1 aromatic carbocycles. The van der Waals surface area contributed by atoms with Gasteiger partial charge in [-0.1, -0.05) is 18.2 Å². The molecule has 3 aromatic rings. The number of hydrogen-bond acceptors (Lipinski definition) is 8. The van der Waals surface area contributed by atoms with Gasteiger partial charge in [0, 0.05) is 29.8 Å². The lowest BCUT2D eigenvalue weighted by Crippen LogP contribution is -2.21. The van der Waals surface area contributed by atoms with Crippen LogP contribution in [0.15, 0.2) is 24.4 Å². The number of ether oxygens (including phenoxy) is 1.